The lowest BCUT2D eigenvalue weighted by molar-refractivity contribution is 0.293. The Kier molecular flexibility index (Phi) is 3.89. The highest BCUT2D eigenvalue weighted by molar-refractivity contribution is 6.29. The van der Waals surface area contributed by atoms with Crippen molar-refractivity contribution in [3.8, 4) is 11.6 Å². The van der Waals surface area contributed by atoms with E-state index in [1.54, 1.807) is 19.2 Å². The Labute approximate surface area is 110 Å². The minimum absolute atomic E-state index is 0.315. The van der Waals surface area contributed by atoms with Gasteiger partial charge >= 0.3 is 0 Å². The van der Waals surface area contributed by atoms with Crippen molar-refractivity contribution in [2.75, 3.05) is 12.8 Å². The van der Waals surface area contributed by atoms with Gasteiger partial charge in [0.1, 0.15) is 17.5 Å². The maximum atomic E-state index is 5.79. The number of anilines is 1. The van der Waals surface area contributed by atoms with Crippen LogP contribution in [-0.4, -0.2) is 12.1 Å². The van der Waals surface area contributed by atoms with Gasteiger partial charge in [-0.3, -0.25) is 0 Å². The number of ether oxygens (including phenoxy) is 2. The van der Waals surface area contributed by atoms with Gasteiger partial charge in [0.25, 0.3) is 0 Å². The molecule has 0 fully saturated rings. The van der Waals surface area contributed by atoms with Gasteiger partial charge in [-0.2, -0.15) is 0 Å². The van der Waals surface area contributed by atoms with Crippen LogP contribution in [0.1, 0.15) is 5.56 Å². The van der Waals surface area contributed by atoms with Crippen molar-refractivity contribution in [3.63, 3.8) is 0 Å². The second kappa shape index (κ2) is 5.60. The van der Waals surface area contributed by atoms with Gasteiger partial charge in [-0.25, -0.2) is 4.98 Å². The fourth-order valence-electron chi connectivity index (χ4n) is 1.49. The number of halogens is 1. The second-order valence-corrected chi connectivity index (χ2v) is 4.09. The fourth-order valence-corrected chi connectivity index (χ4v) is 1.69. The predicted octanol–water partition coefficient (Wildman–Crippen LogP) is 2.90. The third-order valence-corrected chi connectivity index (χ3v) is 2.51. The molecule has 2 rings (SSSR count). The number of nitrogens with two attached hydrogens (primary N) is 1. The second-order valence-electron chi connectivity index (χ2n) is 3.70. The lowest BCUT2D eigenvalue weighted by Crippen LogP contribution is -1.99. The summed E-state index contributed by atoms with van der Waals surface area (Å²) >= 11 is 5.79. The van der Waals surface area contributed by atoms with Crippen molar-refractivity contribution in [1.29, 1.82) is 0 Å². The van der Waals surface area contributed by atoms with E-state index in [1.165, 1.54) is 0 Å². The average Bonchev–Trinajstić information content (AvgIpc) is 2.35. The van der Waals surface area contributed by atoms with E-state index in [1.807, 2.05) is 24.3 Å². The van der Waals surface area contributed by atoms with Crippen LogP contribution in [0.25, 0.3) is 0 Å². The van der Waals surface area contributed by atoms with Crippen LogP contribution in [0.3, 0.4) is 0 Å². The number of rotatable bonds is 4. The first-order valence-electron chi connectivity index (χ1n) is 5.36. The number of methoxy groups -OCH3 is 1. The molecule has 1 heterocycles. The van der Waals surface area contributed by atoms with Gasteiger partial charge in [-0.1, -0.05) is 23.7 Å². The molecule has 0 saturated heterocycles. The van der Waals surface area contributed by atoms with Gasteiger partial charge in [0, 0.05) is 11.8 Å². The third-order valence-electron chi connectivity index (χ3n) is 2.31. The molecule has 1 aromatic carbocycles. The topological polar surface area (TPSA) is 57.4 Å². The summed E-state index contributed by atoms with van der Waals surface area (Å²) in [5, 5.41) is 0.315. The molecule has 0 amide bonds. The Bertz CT molecular complexity index is 526. The summed E-state index contributed by atoms with van der Waals surface area (Å²) in [6.07, 6.45) is 0. The summed E-state index contributed by atoms with van der Waals surface area (Å²) in [6, 6.07) is 10.8. The van der Waals surface area contributed by atoms with E-state index in [0.717, 1.165) is 11.3 Å². The van der Waals surface area contributed by atoms with Crippen LogP contribution in [0.15, 0.2) is 36.4 Å². The molecule has 0 unspecified atom stereocenters. The maximum absolute atomic E-state index is 5.79. The van der Waals surface area contributed by atoms with E-state index in [-0.39, 0.29) is 0 Å². The lowest BCUT2D eigenvalue weighted by Gasteiger charge is -2.07. The quantitative estimate of drug-likeness (QED) is 0.863. The lowest BCUT2D eigenvalue weighted by atomic mass is 10.2. The van der Waals surface area contributed by atoms with Crippen LogP contribution in [-0.2, 0) is 6.61 Å². The molecule has 2 N–H and O–H groups in total. The van der Waals surface area contributed by atoms with Crippen molar-refractivity contribution in [2.24, 2.45) is 0 Å². The van der Waals surface area contributed by atoms with Crippen molar-refractivity contribution in [3.05, 3.63) is 47.1 Å². The molecule has 0 atom stereocenters. The Hall–Kier alpha value is -1.94. The number of benzene rings is 1. The minimum atomic E-state index is 0.315. The Morgan fingerprint density at radius 1 is 1.28 bits per heavy atom. The number of aromatic nitrogens is 1. The molecule has 0 spiro atoms. The summed E-state index contributed by atoms with van der Waals surface area (Å²) in [5.74, 6) is 1.19. The van der Waals surface area contributed by atoms with Crippen LogP contribution in [0.5, 0.6) is 11.6 Å². The van der Waals surface area contributed by atoms with Crippen molar-refractivity contribution < 1.29 is 9.47 Å². The van der Waals surface area contributed by atoms with Gasteiger partial charge in [0.15, 0.2) is 0 Å². The molecule has 0 radical (unpaired) electrons. The summed E-state index contributed by atoms with van der Waals surface area (Å²) in [7, 11) is 1.62. The number of pyridine rings is 1. The van der Waals surface area contributed by atoms with Crippen LogP contribution < -0.4 is 15.2 Å². The zero-order valence-corrected chi connectivity index (χ0v) is 10.6. The standard InChI is InChI=1S/C13H13ClN2O2/c1-17-11-4-2-3-9(5-11)8-18-13-7-10(15)6-12(14)16-13/h2-7H,8H2,1H3,(H2,15,16). The smallest absolute Gasteiger partial charge is 0.217 e. The SMILES string of the molecule is COc1cccc(COc2cc(N)cc(Cl)n2)c1. The average molecular weight is 265 g/mol. The summed E-state index contributed by atoms with van der Waals surface area (Å²) in [4.78, 5) is 4.02. The molecule has 0 aliphatic heterocycles. The van der Waals surface area contributed by atoms with Gasteiger partial charge in [-0.15, -0.1) is 0 Å². The van der Waals surface area contributed by atoms with Gasteiger partial charge in [0.2, 0.25) is 5.88 Å². The predicted molar refractivity (Wildman–Crippen MR) is 71.0 cm³/mol. The zero-order valence-electron chi connectivity index (χ0n) is 9.89. The van der Waals surface area contributed by atoms with E-state index in [9.17, 15) is 0 Å². The van der Waals surface area contributed by atoms with Crippen molar-refractivity contribution in [2.45, 2.75) is 6.61 Å². The highest BCUT2D eigenvalue weighted by Gasteiger charge is 2.02. The fraction of sp³-hybridized carbons (Fsp3) is 0.154. The molecule has 0 bridgehead atoms. The van der Waals surface area contributed by atoms with Gasteiger partial charge in [-0.05, 0) is 23.8 Å². The van der Waals surface area contributed by atoms with E-state index in [2.05, 4.69) is 4.98 Å². The summed E-state index contributed by atoms with van der Waals surface area (Å²) < 4.78 is 10.7. The van der Waals surface area contributed by atoms with Crippen LogP contribution in [0.2, 0.25) is 5.15 Å². The van der Waals surface area contributed by atoms with E-state index < -0.39 is 0 Å². The normalized spacial score (nSPS) is 10.1. The molecule has 94 valence electrons. The number of nitrogen functional groups attached to an aromatic ring is 1. The van der Waals surface area contributed by atoms with E-state index in [4.69, 9.17) is 26.8 Å². The minimum Gasteiger partial charge on any atom is -0.497 e. The third kappa shape index (κ3) is 3.28. The van der Waals surface area contributed by atoms with Crippen LogP contribution in [0, 0.1) is 0 Å². The molecule has 0 aliphatic carbocycles. The Morgan fingerprint density at radius 3 is 2.83 bits per heavy atom. The monoisotopic (exact) mass is 264 g/mol. The molecular weight excluding hydrogens is 252 g/mol. The molecule has 4 nitrogen and oxygen atoms in total. The van der Waals surface area contributed by atoms with Crippen molar-refractivity contribution >= 4 is 17.3 Å². The van der Waals surface area contributed by atoms with Gasteiger partial charge < -0.3 is 15.2 Å². The first-order chi connectivity index (χ1) is 8.67. The molecule has 1 aromatic heterocycles. The maximum Gasteiger partial charge on any atom is 0.217 e. The summed E-state index contributed by atoms with van der Waals surface area (Å²) in [6.45, 7) is 0.379. The van der Waals surface area contributed by atoms with Crippen LogP contribution in [0.4, 0.5) is 5.69 Å². The Balaban J connectivity index is 2.06. The number of hydrogen-bond acceptors (Lipinski definition) is 4. The molecule has 0 aliphatic rings. The molecule has 5 heteroatoms. The number of nitrogens with zero attached hydrogens (tertiary/aromatic N) is 1. The highest BCUT2D eigenvalue weighted by atomic mass is 35.5. The van der Waals surface area contributed by atoms with E-state index >= 15 is 0 Å². The molecule has 2 aromatic rings. The first kappa shape index (κ1) is 12.5. The van der Waals surface area contributed by atoms with E-state index in [0.29, 0.717) is 23.3 Å². The zero-order chi connectivity index (χ0) is 13.0. The molecule has 18 heavy (non-hydrogen) atoms. The molecular formula is C13H13ClN2O2. The molecule has 0 saturated carbocycles. The van der Waals surface area contributed by atoms with Gasteiger partial charge in [0.05, 0.1) is 7.11 Å². The number of hydrogen-bond donors (Lipinski definition) is 1. The largest absolute Gasteiger partial charge is 0.497 e. The Morgan fingerprint density at radius 2 is 2.11 bits per heavy atom. The first-order valence-corrected chi connectivity index (χ1v) is 5.74. The summed E-state index contributed by atoms with van der Waals surface area (Å²) in [5.41, 5.74) is 7.15. The highest BCUT2D eigenvalue weighted by Crippen LogP contribution is 2.19. The van der Waals surface area contributed by atoms with Crippen molar-refractivity contribution in [1.82, 2.24) is 4.98 Å². The van der Waals surface area contributed by atoms with Crippen LogP contribution >= 0.6 is 11.6 Å².